The van der Waals surface area contributed by atoms with Gasteiger partial charge in [-0.3, -0.25) is 0 Å². The van der Waals surface area contributed by atoms with E-state index >= 15 is 0 Å². The average molecular weight is 1070 g/mol. The fourth-order valence-corrected chi connectivity index (χ4v) is 16.2. The lowest BCUT2D eigenvalue weighted by Gasteiger charge is -2.61. The Morgan fingerprint density at radius 1 is 0.500 bits per heavy atom. The van der Waals surface area contributed by atoms with Gasteiger partial charge in [0.1, 0.15) is 91.6 Å². The van der Waals surface area contributed by atoms with Crippen molar-refractivity contribution in [2.45, 2.75) is 245 Å². The molecule has 1 unspecified atom stereocenters. The standard InChI is InChI=1S/C51H84O23/c1-20-31-27(73-51(20)13-12-48(3,74-51)19-65-44-38(61)36(59)33(56)28(16-52)68-44)15-26-24-7-6-22-14-23(8-10-49(22,4)25(24)9-11-50(26,31)5)67-47-43(72-45-39(62)35(58)32(55)21(2)66-45)41(64)42(30(18-54)70-47)71-46-40(63)37(60)34(57)29(17-53)69-46/h20-47,52-64H,6-19H2,1-5H3/t20-,21-,22?,23-,24-,25-,26-,27-,28+,29+,30+,31-,32-,33+,34+,35+,36-,37-,38+,39+,40+,41-,42+,43+,44+,45-,46-,47+,48-,49+,50-,51-/m0/s1. The molecule has 426 valence electrons. The van der Waals surface area contributed by atoms with Crippen molar-refractivity contribution in [3.8, 4) is 0 Å². The van der Waals surface area contributed by atoms with Crippen molar-refractivity contribution in [1.82, 2.24) is 0 Å². The maximum atomic E-state index is 12.1. The van der Waals surface area contributed by atoms with Crippen LogP contribution in [0, 0.1) is 46.3 Å². The van der Waals surface area contributed by atoms with Gasteiger partial charge in [-0.25, -0.2) is 0 Å². The third-order valence-electron chi connectivity index (χ3n) is 20.5. The molecule has 0 amide bonds. The summed E-state index contributed by atoms with van der Waals surface area (Å²) in [5, 5.41) is 137. The molecule has 6 heterocycles. The molecule has 0 aromatic heterocycles. The molecular formula is C51H84O23. The second kappa shape index (κ2) is 21.2. The van der Waals surface area contributed by atoms with Crippen molar-refractivity contribution in [2.24, 2.45) is 46.3 Å². The highest BCUT2D eigenvalue weighted by Gasteiger charge is 2.71. The number of fused-ring (bicyclic) bond motifs is 7. The third kappa shape index (κ3) is 9.46. The van der Waals surface area contributed by atoms with Gasteiger partial charge in [-0.1, -0.05) is 20.8 Å². The van der Waals surface area contributed by atoms with Gasteiger partial charge >= 0.3 is 0 Å². The number of aliphatic hydroxyl groups is 13. The molecule has 6 saturated heterocycles. The van der Waals surface area contributed by atoms with Crippen molar-refractivity contribution < 1.29 is 114 Å². The quantitative estimate of drug-likeness (QED) is 0.0880. The lowest BCUT2D eigenvalue weighted by molar-refractivity contribution is -0.390. The second-order valence-electron chi connectivity index (χ2n) is 24.6. The fraction of sp³-hybridized carbons (Fsp3) is 1.00. The normalized spacial score (nSPS) is 58.5. The van der Waals surface area contributed by atoms with E-state index in [4.69, 9.17) is 47.4 Å². The molecule has 4 saturated carbocycles. The summed E-state index contributed by atoms with van der Waals surface area (Å²) in [5.74, 6) is 1.25. The van der Waals surface area contributed by atoms with Crippen LogP contribution in [0.2, 0.25) is 0 Å². The molecule has 23 heteroatoms. The minimum absolute atomic E-state index is 0.000794. The van der Waals surface area contributed by atoms with Crippen LogP contribution >= 0.6 is 0 Å². The Kier molecular flexibility index (Phi) is 16.1. The van der Waals surface area contributed by atoms with E-state index < -0.39 is 154 Å². The molecule has 4 aliphatic carbocycles. The van der Waals surface area contributed by atoms with Crippen LogP contribution in [0.3, 0.4) is 0 Å². The van der Waals surface area contributed by atoms with E-state index in [0.29, 0.717) is 43.4 Å². The van der Waals surface area contributed by atoms with Gasteiger partial charge in [-0.15, -0.1) is 0 Å². The highest BCUT2D eigenvalue weighted by atomic mass is 16.8. The van der Waals surface area contributed by atoms with Gasteiger partial charge in [-0.2, -0.15) is 0 Å². The number of rotatable bonds is 12. The van der Waals surface area contributed by atoms with Crippen LogP contribution < -0.4 is 0 Å². The topological polar surface area (TPSA) is 355 Å². The Hall–Kier alpha value is -0.920. The molecule has 10 fully saturated rings. The zero-order valence-corrected chi connectivity index (χ0v) is 43.0. The van der Waals surface area contributed by atoms with Crippen LogP contribution in [-0.2, 0) is 47.4 Å². The van der Waals surface area contributed by atoms with Crippen LogP contribution in [0.15, 0.2) is 0 Å². The van der Waals surface area contributed by atoms with Gasteiger partial charge in [-0.05, 0) is 112 Å². The zero-order chi connectivity index (χ0) is 53.1. The summed E-state index contributed by atoms with van der Waals surface area (Å²) in [5.41, 5.74) is -0.749. The first kappa shape index (κ1) is 56.4. The van der Waals surface area contributed by atoms with Crippen molar-refractivity contribution in [3.63, 3.8) is 0 Å². The highest BCUT2D eigenvalue weighted by molar-refractivity contribution is 5.16. The molecule has 10 aliphatic rings. The third-order valence-corrected chi connectivity index (χ3v) is 20.5. The number of aliphatic hydroxyl groups excluding tert-OH is 13. The van der Waals surface area contributed by atoms with Gasteiger partial charge in [0.15, 0.2) is 30.9 Å². The Balaban J connectivity index is 0.795. The Morgan fingerprint density at radius 3 is 1.74 bits per heavy atom. The van der Waals surface area contributed by atoms with Gasteiger partial charge in [0.25, 0.3) is 0 Å². The molecule has 1 spiro atoms. The molecule has 0 bridgehead atoms. The summed E-state index contributed by atoms with van der Waals surface area (Å²) >= 11 is 0. The first-order chi connectivity index (χ1) is 35.0. The van der Waals surface area contributed by atoms with Crippen molar-refractivity contribution in [2.75, 3.05) is 26.4 Å². The lowest BCUT2D eigenvalue weighted by atomic mass is 9.44. The predicted molar refractivity (Wildman–Crippen MR) is 248 cm³/mol. The lowest BCUT2D eigenvalue weighted by Crippen LogP contribution is -2.67. The highest BCUT2D eigenvalue weighted by Crippen LogP contribution is 2.72. The van der Waals surface area contributed by atoms with Crippen LogP contribution in [-0.4, -0.2) is 239 Å². The molecule has 0 aromatic carbocycles. The first-order valence-corrected chi connectivity index (χ1v) is 27.2. The minimum atomic E-state index is -1.84. The molecular weight excluding hydrogens is 981 g/mol. The van der Waals surface area contributed by atoms with E-state index in [0.717, 1.165) is 38.5 Å². The van der Waals surface area contributed by atoms with Gasteiger partial charge in [0.2, 0.25) is 0 Å². The van der Waals surface area contributed by atoms with Crippen molar-refractivity contribution in [3.05, 3.63) is 0 Å². The Bertz CT molecular complexity index is 1920. The average Bonchev–Trinajstić information content (AvgIpc) is 3.98. The van der Waals surface area contributed by atoms with E-state index in [1.165, 1.54) is 6.92 Å². The van der Waals surface area contributed by atoms with Crippen LogP contribution in [0.1, 0.15) is 98.8 Å². The molecule has 0 aromatic rings. The van der Waals surface area contributed by atoms with E-state index in [9.17, 15) is 66.4 Å². The van der Waals surface area contributed by atoms with Crippen LogP contribution in [0.5, 0.6) is 0 Å². The summed E-state index contributed by atoms with van der Waals surface area (Å²) in [6.45, 7) is 8.62. The van der Waals surface area contributed by atoms with Crippen molar-refractivity contribution in [1.29, 1.82) is 0 Å². The second-order valence-corrected chi connectivity index (χ2v) is 24.6. The van der Waals surface area contributed by atoms with Gasteiger partial charge in [0, 0.05) is 12.3 Å². The molecule has 13 N–H and O–H groups in total. The zero-order valence-electron chi connectivity index (χ0n) is 43.0. The van der Waals surface area contributed by atoms with E-state index in [1.807, 2.05) is 6.92 Å². The van der Waals surface area contributed by atoms with Crippen molar-refractivity contribution >= 4 is 0 Å². The summed E-state index contributed by atoms with van der Waals surface area (Å²) in [6, 6.07) is 0. The summed E-state index contributed by atoms with van der Waals surface area (Å²) in [4.78, 5) is 0. The number of hydrogen-bond donors (Lipinski definition) is 13. The van der Waals surface area contributed by atoms with E-state index in [1.54, 1.807) is 0 Å². The summed E-state index contributed by atoms with van der Waals surface area (Å²) < 4.78 is 62.2. The predicted octanol–water partition coefficient (Wildman–Crippen LogP) is -2.77. The summed E-state index contributed by atoms with van der Waals surface area (Å²) in [7, 11) is 0. The number of ether oxygens (including phenoxy) is 10. The monoisotopic (exact) mass is 1060 g/mol. The first-order valence-electron chi connectivity index (χ1n) is 27.2. The smallest absolute Gasteiger partial charge is 0.187 e. The number of hydrogen-bond acceptors (Lipinski definition) is 23. The maximum absolute atomic E-state index is 12.1. The van der Waals surface area contributed by atoms with Crippen LogP contribution in [0.25, 0.3) is 0 Å². The maximum Gasteiger partial charge on any atom is 0.187 e. The van der Waals surface area contributed by atoms with Gasteiger partial charge in [0.05, 0.1) is 50.3 Å². The van der Waals surface area contributed by atoms with E-state index in [2.05, 4.69) is 20.8 Å². The molecule has 10 rings (SSSR count). The van der Waals surface area contributed by atoms with Crippen LogP contribution in [0.4, 0.5) is 0 Å². The van der Waals surface area contributed by atoms with E-state index in [-0.39, 0.29) is 47.4 Å². The SMILES string of the molecule is C[C@@H]1O[C@@H](O[C@H]2[C@H](O[C@H]3CC[C@]4(C)C(CC[C@@H]5[C@@H]6C[C@@H]7O[C@]8(CC[C@@](C)(CO[C@@H]9O[C@H](CO)[C@@H](O)[C@H](O)[C@H]9O)O8)[C@@H](C)[C@@H]7[C@@]6(C)CC[C@@H]54)C3)O[C@H](CO)[C@@H](O[C@@H]3O[C@H](CO)[C@@H](O)[C@H](O)[C@H]3O)[C@@H]2O)[C@H](O)[C@H](O)[C@H]1O. The largest absolute Gasteiger partial charge is 0.394 e. The molecule has 6 aliphatic heterocycles. The molecule has 32 atom stereocenters. The Labute approximate surface area is 430 Å². The van der Waals surface area contributed by atoms with Gasteiger partial charge < -0.3 is 114 Å². The Morgan fingerprint density at radius 2 is 1.08 bits per heavy atom. The molecule has 23 nitrogen and oxygen atoms in total. The molecule has 0 radical (unpaired) electrons. The molecule has 74 heavy (non-hydrogen) atoms. The fourth-order valence-electron chi connectivity index (χ4n) is 16.2. The minimum Gasteiger partial charge on any atom is -0.394 e. The summed E-state index contributed by atoms with van der Waals surface area (Å²) in [6.07, 6.45) is -22.0.